The van der Waals surface area contributed by atoms with Gasteiger partial charge in [-0.1, -0.05) is 12.2 Å². The molecule has 1 unspecified atom stereocenters. The van der Waals surface area contributed by atoms with E-state index in [1.807, 2.05) is 23.7 Å². The van der Waals surface area contributed by atoms with Crippen molar-refractivity contribution < 1.29 is 0 Å². The van der Waals surface area contributed by atoms with Gasteiger partial charge in [-0.05, 0) is 0 Å². The van der Waals surface area contributed by atoms with E-state index in [9.17, 15) is 0 Å². The van der Waals surface area contributed by atoms with E-state index in [2.05, 4.69) is 33.0 Å². The van der Waals surface area contributed by atoms with E-state index >= 15 is 0 Å². The van der Waals surface area contributed by atoms with Gasteiger partial charge in [0.05, 0.1) is 17.7 Å². The van der Waals surface area contributed by atoms with Crippen LogP contribution in [0.25, 0.3) is 0 Å². The number of nitrogens with two attached hydrogens (primary N) is 1. The SMILES string of the molecule is C=CCN(CC=C)C(c1cnc[nH]1)c1nc(CN)cs1. The monoisotopic (exact) mass is 289 g/mol. The van der Waals surface area contributed by atoms with E-state index in [1.165, 1.54) is 0 Å². The number of hydrogen-bond donors (Lipinski definition) is 2. The highest BCUT2D eigenvalue weighted by atomic mass is 32.1. The van der Waals surface area contributed by atoms with Crippen molar-refractivity contribution in [3.63, 3.8) is 0 Å². The maximum atomic E-state index is 5.65. The molecule has 1 atom stereocenters. The fourth-order valence-electron chi connectivity index (χ4n) is 2.06. The van der Waals surface area contributed by atoms with Crippen LogP contribution < -0.4 is 5.73 Å². The second-order valence-electron chi connectivity index (χ2n) is 4.32. The van der Waals surface area contributed by atoms with Crippen LogP contribution in [-0.4, -0.2) is 32.9 Å². The average molecular weight is 289 g/mol. The molecule has 106 valence electrons. The first-order valence-corrected chi connectivity index (χ1v) is 7.26. The molecule has 0 fully saturated rings. The van der Waals surface area contributed by atoms with Gasteiger partial charge in [-0.25, -0.2) is 9.97 Å². The first-order valence-electron chi connectivity index (χ1n) is 6.38. The smallest absolute Gasteiger partial charge is 0.116 e. The van der Waals surface area contributed by atoms with Crippen LogP contribution in [0.5, 0.6) is 0 Å². The van der Waals surface area contributed by atoms with Gasteiger partial charge in [-0.2, -0.15) is 0 Å². The van der Waals surface area contributed by atoms with E-state index in [1.54, 1.807) is 17.7 Å². The Morgan fingerprint density at radius 1 is 1.40 bits per heavy atom. The molecule has 0 aliphatic carbocycles. The Morgan fingerprint density at radius 2 is 2.15 bits per heavy atom. The van der Waals surface area contributed by atoms with Crippen molar-refractivity contribution in [3.05, 3.63) is 59.6 Å². The molecule has 0 saturated heterocycles. The van der Waals surface area contributed by atoms with Gasteiger partial charge in [-0.15, -0.1) is 24.5 Å². The van der Waals surface area contributed by atoms with Crippen LogP contribution in [0.1, 0.15) is 22.4 Å². The van der Waals surface area contributed by atoms with Crippen molar-refractivity contribution in [2.24, 2.45) is 5.73 Å². The van der Waals surface area contributed by atoms with Crippen molar-refractivity contribution in [2.75, 3.05) is 13.1 Å². The summed E-state index contributed by atoms with van der Waals surface area (Å²) in [6, 6.07) is 0.0128. The van der Waals surface area contributed by atoms with Crippen LogP contribution in [0.2, 0.25) is 0 Å². The maximum Gasteiger partial charge on any atom is 0.116 e. The topological polar surface area (TPSA) is 70.8 Å². The summed E-state index contributed by atoms with van der Waals surface area (Å²) in [5.41, 5.74) is 7.57. The molecule has 0 radical (unpaired) electrons. The number of aromatic nitrogens is 3. The average Bonchev–Trinajstić information content (AvgIpc) is 3.11. The van der Waals surface area contributed by atoms with Gasteiger partial charge in [0.25, 0.3) is 0 Å². The highest BCUT2D eigenvalue weighted by Crippen LogP contribution is 2.29. The summed E-state index contributed by atoms with van der Waals surface area (Å²) in [5, 5.41) is 3.00. The summed E-state index contributed by atoms with van der Waals surface area (Å²) in [6.07, 6.45) is 7.27. The van der Waals surface area contributed by atoms with Gasteiger partial charge in [-0.3, -0.25) is 4.90 Å². The quantitative estimate of drug-likeness (QED) is 0.730. The van der Waals surface area contributed by atoms with Crippen LogP contribution in [0.4, 0.5) is 0 Å². The number of H-pyrrole nitrogens is 1. The van der Waals surface area contributed by atoms with Crippen molar-refractivity contribution in [1.29, 1.82) is 0 Å². The van der Waals surface area contributed by atoms with Crippen molar-refractivity contribution >= 4 is 11.3 Å². The molecule has 3 N–H and O–H groups in total. The first kappa shape index (κ1) is 14.6. The molecule has 5 nitrogen and oxygen atoms in total. The summed E-state index contributed by atoms with van der Waals surface area (Å²) in [5.74, 6) is 0. The van der Waals surface area contributed by atoms with Gasteiger partial charge in [0.2, 0.25) is 0 Å². The molecule has 0 amide bonds. The van der Waals surface area contributed by atoms with Crippen LogP contribution in [0.15, 0.2) is 43.2 Å². The standard InChI is InChI=1S/C14H19N5S/c1-3-5-19(6-4-2)13(12-8-16-10-17-12)14-18-11(7-15)9-20-14/h3-4,8-10,13H,1-2,5-7,15H2,(H,16,17). The maximum absolute atomic E-state index is 5.65. The molecule has 2 heterocycles. The number of hydrogen-bond acceptors (Lipinski definition) is 5. The Balaban J connectivity index is 2.37. The fourth-order valence-corrected chi connectivity index (χ4v) is 3.04. The number of nitrogens with zero attached hydrogens (tertiary/aromatic N) is 3. The van der Waals surface area contributed by atoms with Gasteiger partial charge in [0.15, 0.2) is 0 Å². The molecular formula is C14H19N5S. The minimum atomic E-state index is 0.0128. The molecule has 0 bridgehead atoms. The lowest BCUT2D eigenvalue weighted by Crippen LogP contribution is -2.30. The Kier molecular flexibility index (Phi) is 5.23. The minimum Gasteiger partial charge on any atom is -0.347 e. The highest BCUT2D eigenvalue weighted by Gasteiger charge is 2.25. The largest absolute Gasteiger partial charge is 0.347 e. The first-order chi connectivity index (χ1) is 9.80. The van der Waals surface area contributed by atoms with E-state index in [4.69, 9.17) is 5.73 Å². The van der Waals surface area contributed by atoms with Crippen LogP contribution in [-0.2, 0) is 6.54 Å². The number of aromatic amines is 1. The Morgan fingerprint density at radius 3 is 2.65 bits per heavy atom. The molecule has 0 saturated carbocycles. The van der Waals surface area contributed by atoms with E-state index in [-0.39, 0.29) is 6.04 Å². The molecule has 0 aromatic carbocycles. The predicted octanol–water partition coefficient (Wildman–Crippen LogP) is 2.09. The van der Waals surface area contributed by atoms with E-state index in [0.29, 0.717) is 6.54 Å². The lowest BCUT2D eigenvalue weighted by Gasteiger charge is -2.27. The zero-order valence-electron chi connectivity index (χ0n) is 11.3. The fraction of sp³-hybridized carbons (Fsp3) is 0.286. The zero-order valence-corrected chi connectivity index (χ0v) is 12.1. The van der Waals surface area contributed by atoms with Crippen molar-refractivity contribution in [1.82, 2.24) is 19.9 Å². The number of rotatable bonds is 8. The Hall–Kier alpha value is -1.76. The summed E-state index contributed by atoms with van der Waals surface area (Å²) in [7, 11) is 0. The summed E-state index contributed by atoms with van der Waals surface area (Å²) in [6.45, 7) is 9.59. The number of nitrogens with one attached hydrogen (secondary N) is 1. The van der Waals surface area contributed by atoms with Crippen LogP contribution in [0.3, 0.4) is 0 Å². The molecule has 2 aromatic rings. The molecule has 0 aliphatic heterocycles. The third kappa shape index (κ3) is 3.22. The van der Waals surface area contributed by atoms with Gasteiger partial charge >= 0.3 is 0 Å². The molecule has 2 rings (SSSR count). The number of imidazole rings is 1. The van der Waals surface area contributed by atoms with Crippen molar-refractivity contribution in [2.45, 2.75) is 12.6 Å². The van der Waals surface area contributed by atoms with Crippen molar-refractivity contribution in [3.8, 4) is 0 Å². The number of thiazole rings is 1. The lowest BCUT2D eigenvalue weighted by atomic mass is 10.2. The molecule has 0 spiro atoms. The van der Waals surface area contributed by atoms with Crippen LogP contribution >= 0.6 is 11.3 Å². The van der Waals surface area contributed by atoms with E-state index in [0.717, 1.165) is 29.5 Å². The molecule has 2 aromatic heterocycles. The Bertz CT molecular complexity index is 536. The molecule has 20 heavy (non-hydrogen) atoms. The molecular weight excluding hydrogens is 270 g/mol. The second-order valence-corrected chi connectivity index (χ2v) is 5.21. The Labute approximate surface area is 122 Å². The van der Waals surface area contributed by atoms with Gasteiger partial charge < -0.3 is 10.7 Å². The summed E-state index contributed by atoms with van der Waals surface area (Å²) >= 11 is 1.61. The van der Waals surface area contributed by atoms with Gasteiger partial charge in [0.1, 0.15) is 11.0 Å². The lowest BCUT2D eigenvalue weighted by molar-refractivity contribution is 0.273. The normalized spacial score (nSPS) is 12.5. The highest BCUT2D eigenvalue weighted by molar-refractivity contribution is 7.09. The molecule has 0 aliphatic rings. The zero-order chi connectivity index (χ0) is 14.4. The summed E-state index contributed by atoms with van der Waals surface area (Å²) in [4.78, 5) is 14.1. The summed E-state index contributed by atoms with van der Waals surface area (Å²) < 4.78 is 0. The van der Waals surface area contributed by atoms with E-state index < -0.39 is 0 Å². The van der Waals surface area contributed by atoms with Gasteiger partial charge in [0, 0.05) is 31.2 Å². The predicted molar refractivity (Wildman–Crippen MR) is 82.4 cm³/mol. The second kappa shape index (κ2) is 7.14. The molecule has 6 heteroatoms. The third-order valence-electron chi connectivity index (χ3n) is 2.92. The third-order valence-corrected chi connectivity index (χ3v) is 3.86. The minimum absolute atomic E-state index is 0.0128. The van der Waals surface area contributed by atoms with Crippen LogP contribution in [0, 0.1) is 0 Å².